The van der Waals surface area contributed by atoms with Crippen LogP contribution in [-0.2, 0) is 19.1 Å². The molecular formula is C42H48F2N8O6. The number of imidazole rings is 2. The summed E-state index contributed by atoms with van der Waals surface area (Å²) in [6.45, 7) is 8.30. The maximum Gasteiger partial charge on any atom is 0.407 e. The van der Waals surface area contributed by atoms with Gasteiger partial charge in [0.1, 0.15) is 34.8 Å². The Morgan fingerprint density at radius 3 is 1.38 bits per heavy atom. The fourth-order valence-electron chi connectivity index (χ4n) is 8.10. The summed E-state index contributed by atoms with van der Waals surface area (Å²) in [7, 11) is 2.49. The molecule has 0 saturated carbocycles. The van der Waals surface area contributed by atoms with Crippen LogP contribution in [0.4, 0.5) is 18.4 Å². The van der Waals surface area contributed by atoms with Gasteiger partial charge in [-0.05, 0) is 72.9 Å². The van der Waals surface area contributed by atoms with E-state index in [2.05, 4.69) is 30.6 Å². The lowest BCUT2D eigenvalue weighted by atomic mass is 9.99. The number of aromatic nitrogens is 4. The summed E-state index contributed by atoms with van der Waals surface area (Å²) < 4.78 is 41.9. The van der Waals surface area contributed by atoms with E-state index in [1.54, 1.807) is 58.3 Å². The number of halogens is 2. The van der Waals surface area contributed by atoms with Crippen molar-refractivity contribution >= 4 is 46.1 Å². The second kappa shape index (κ2) is 16.4. The monoisotopic (exact) mass is 798 g/mol. The van der Waals surface area contributed by atoms with Crippen molar-refractivity contribution < 1.29 is 37.4 Å². The summed E-state index contributed by atoms with van der Waals surface area (Å²) in [5, 5.41) is 5.27. The number of amides is 4. The minimum atomic E-state index is -0.794. The van der Waals surface area contributed by atoms with Crippen LogP contribution in [0, 0.1) is 23.5 Å². The van der Waals surface area contributed by atoms with Crippen molar-refractivity contribution in [3.63, 3.8) is 0 Å². The fourth-order valence-corrected chi connectivity index (χ4v) is 8.10. The molecule has 3 aromatic carbocycles. The minimum absolute atomic E-state index is 0.136. The molecule has 4 N–H and O–H groups in total. The van der Waals surface area contributed by atoms with E-state index in [-0.39, 0.29) is 34.7 Å². The maximum atomic E-state index is 16.2. The van der Waals surface area contributed by atoms with E-state index in [0.717, 1.165) is 12.8 Å². The number of likely N-dealkylation sites (tertiary alicyclic amines) is 2. The lowest BCUT2D eigenvalue weighted by Crippen LogP contribution is -2.51. The number of H-pyrrole nitrogens is 2. The van der Waals surface area contributed by atoms with Crippen molar-refractivity contribution in [2.75, 3.05) is 27.3 Å². The van der Waals surface area contributed by atoms with Crippen LogP contribution in [0.1, 0.15) is 77.1 Å². The summed E-state index contributed by atoms with van der Waals surface area (Å²) in [6.07, 6.45) is 1.31. The zero-order valence-corrected chi connectivity index (χ0v) is 33.3. The summed E-state index contributed by atoms with van der Waals surface area (Å²) in [6, 6.07) is 11.3. The van der Waals surface area contributed by atoms with Gasteiger partial charge in [-0.1, -0.05) is 52.0 Å². The molecule has 7 rings (SSSR count). The molecule has 2 fully saturated rings. The molecule has 2 aliphatic heterocycles. The summed E-state index contributed by atoms with van der Waals surface area (Å²) in [5.41, 5.74) is 2.99. The number of methoxy groups -OCH3 is 2. The number of alkyl carbamates (subject to hydrolysis) is 2. The summed E-state index contributed by atoms with van der Waals surface area (Å²) >= 11 is 0. The Bertz CT molecular complexity index is 2200. The molecule has 4 heterocycles. The molecule has 2 aliphatic rings. The van der Waals surface area contributed by atoms with Crippen LogP contribution in [0.15, 0.2) is 48.5 Å². The van der Waals surface area contributed by atoms with Crippen LogP contribution in [0.5, 0.6) is 0 Å². The predicted octanol–water partition coefficient (Wildman–Crippen LogP) is 7.14. The molecule has 58 heavy (non-hydrogen) atoms. The van der Waals surface area contributed by atoms with Gasteiger partial charge in [0.05, 0.1) is 37.3 Å². The zero-order chi connectivity index (χ0) is 41.4. The Hall–Kier alpha value is -6.06. The highest BCUT2D eigenvalue weighted by Crippen LogP contribution is 2.37. The fraction of sp³-hybridized carbons (Fsp3) is 0.429. The van der Waals surface area contributed by atoms with Gasteiger partial charge >= 0.3 is 12.2 Å². The van der Waals surface area contributed by atoms with Crippen molar-refractivity contribution in [2.45, 2.75) is 77.5 Å². The zero-order valence-electron chi connectivity index (χ0n) is 33.3. The molecule has 16 heteroatoms. The Morgan fingerprint density at radius 2 is 1.03 bits per heavy atom. The van der Waals surface area contributed by atoms with E-state index in [1.165, 1.54) is 14.2 Å². The minimum Gasteiger partial charge on any atom is -0.453 e. The van der Waals surface area contributed by atoms with E-state index in [1.807, 2.05) is 27.7 Å². The standard InChI is InChI=1S/C42H48F2N8O6/c1-21(2)33(49-41(55)57-5)39(53)51-19-7-9-29(51)37-45-27-17-15-25(31(43)35(27)47-37)23-11-13-24(14-12-23)26-16-18-28-36(32(26)44)48-38(46-28)30-10-8-20-52(30)40(54)34(22(3)4)50-42(56)58-6/h11-18,21-22,29-30,33-34H,7-10,19-20H2,1-6H3,(H,45,47)(H,46,48)(H,49,55)(H,50,56)/t29-,30-,33-,34?/m0/s1. The molecule has 0 bridgehead atoms. The number of carbonyl (C=O) groups excluding carboxylic acids is 4. The average molecular weight is 799 g/mol. The van der Waals surface area contributed by atoms with Crippen LogP contribution in [0.2, 0.25) is 0 Å². The molecular weight excluding hydrogens is 751 g/mol. The average Bonchev–Trinajstić information content (AvgIpc) is 4.04. The molecule has 5 aromatic rings. The number of carbonyl (C=O) groups is 4. The van der Waals surface area contributed by atoms with Crippen molar-refractivity contribution in [1.29, 1.82) is 0 Å². The summed E-state index contributed by atoms with van der Waals surface area (Å²) in [5.74, 6) is -1.05. The second-order valence-corrected chi connectivity index (χ2v) is 15.6. The lowest BCUT2D eigenvalue weighted by molar-refractivity contribution is -0.136. The normalized spacial score (nSPS) is 18.0. The topological polar surface area (TPSA) is 175 Å². The van der Waals surface area contributed by atoms with E-state index in [9.17, 15) is 19.2 Å². The predicted molar refractivity (Wildman–Crippen MR) is 212 cm³/mol. The highest BCUT2D eigenvalue weighted by Gasteiger charge is 2.39. The van der Waals surface area contributed by atoms with Crippen molar-refractivity contribution in [3.05, 3.63) is 71.8 Å². The number of ether oxygens (including phenoxy) is 2. The number of nitrogens with zero attached hydrogens (tertiary/aromatic N) is 4. The van der Waals surface area contributed by atoms with Crippen LogP contribution in [0.25, 0.3) is 44.3 Å². The third-order valence-electron chi connectivity index (χ3n) is 11.2. The van der Waals surface area contributed by atoms with Crippen LogP contribution < -0.4 is 10.6 Å². The number of benzene rings is 3. The van der Waals surface area contributed by atoms with Crippen molar-refractivity contribution in [2.24, 2.45) is 11.8 Å². The number of hydrogen-bond acceptors (Lipinski definition) is 8. The molecule has 2 saturated heterocycles. The van der Waals surface area contributed by atoms with Gasteiger partial charge in [0.25, 0.3) is 0 Å². The Kier molecular flexibility index (Phi) is 11.4. The quantitative estimate of drug-likeness (QED) is 0.115. The van der Waals surface area contributed by atoms with Gasteiger partial charge in [0.15, 0.2) is 11.6 Å². The van der Waals surface area contributed by atoms with Gasteiger partial charge in [-0.3, -0.25) is 9.59 Å². The molecule has 306 valence electrons. The highest BCUT2D eigenvalue weighted by molar-refractivity contribution is 5.89. The number of rotatable bonds is 10. The first-order valence-corrected chi connectivity index (χ1v) is 19.6. The van der Waals surface area contributed by atoms with E-state index in [0.29, 0.717) is 70.9 Å². The molecule has 4 atom stereocenters. The molecule has 0 spiro atoms. The molecule has 1 unspecified atom stereocenters. The van der Waals surface area contributed by atoms with Gasteiger partial charge in [0.2, 0.25) is 11.8 Å². The van der Waals surface area contributed by atoms with Gasteiger partial charge in [-0.25, -0.2) is 28.3 Å². The molecule has 0 aliphatic carbocycles. The Morgan fingerprint density at radius 1 is 0.655 bits per heavy atom. The third kappa shape index (κ3) is 7.54. The number of hydrogen-bond donors (Lipinski definition) is 4. The molecule has 14 nitrogen and oxygen atoms in total. The van der Waals surface area contributed by atoms with E-state index < -0.39 is 48.0 Å². The number of aromatic amines is 2. The van der Waals surface area contributed by atoms with Crippen LogP contribution >= 0.6 is 0 Å². The number of fused-ring (bicyclic) bond motifs is 2. The lowest BCUT2D eigenvalue weighted by Gasteiger charge is -2.29. The largest absolute Gasteiger partial charge is 0.453 e. The first-order valence-electron chi connectivity index (χ1n) is 19.6. The first kappa shape index (κ1) is 40.1. The van der Waals surface area contributed by atoms with Crippen LogP contribution in [0.3, 0.4) is 0 Å². The molecule has 4 amide bonds. The Labute approximate surface area is 334 Å². The van der Waals surface area contributed by atoms with Gasteiger partial charge in [-0.15, -0.1) is 0 Å². The summed E-state index contributed by atoms with van der Waals surface area (Å²) in [4.78, 5) is 70.2. The molecule has 2 aromatic heterocycles. The molecule has 0 radical (unpaired) electrons. The van der Waals surface area contributed by atoms with E-state index >= 15 is 8.78 Å². The highest BCUT2D eigenvalue weighted by atomic mass is 19.1. The SMILES string of the molecule is COC(=O)NC(C(=O)N1CCC[C@H]1c1nc2c(F)c(-c3ccc(-c4ccc5[nH]c([C@@H]6CCCN6C(=O)[C@@H](NC(=O)OC)C(C)C)nc5c4F)cc3)ccc2[nH]1)C(C)C. The Balaban J connectivity index is 1.11. The second-order valence-electron chi connectivity index (χ2n) is 15.6. The van der Waals surface area contributed by atoms with Gasteiger partial charge < -0.3 is 39.9 Å². The van der Waals surface area contributed by atoms with E-state index in [4.69, 9.17) is 9.47 Å². The first-order chi connectivity index (χ1) is 27.8. The smallest absolute Gasteiger partial charge is 0.407 e. The third-order valence-corrected chi connectivity index (χ3v) is 11.2. The van der Waals surface area contributed by atoms with Crippen LogP contribution in [-0.4, -0.2) is 93.1 Å². The van der Waals surface area contributed by atoms with Gasteiger partial charge in [-0.2, -0.15) is 0 Å². The maximum absolute atomic E-state index is 16.2. The number of nitrogens with one attached hydrogen (secondary N) is 4. The van der Waals surface area contributed by atoms with Crippen molar-refractivity contribution in [1.82, 2.24) is 40.4 Å². The van der Waals surface area contributed by atoms with Crippen molar-refractivity contribution in [3.8, 4) is 22.3 Å². The van der Waals surface area contributed by atoms with Gasteiger partial charge in [0, 0.05) is 24.2 Å².